The van der Waals surface area contributed by atoms with Crippen molar-refractivity contribution in [2.75, 3.05) is 0 Å². The van der Waals surface area contributed by atoms with Crippen LogP contribution in [0.25, 0.3) is 0 Å². The van der Waals surface area contributed by atoms with E-state index < -0.39 is 0 Å². The summed E-state index contributed by atoms with van der Waals surface area (Å²) in [5.74, 6) is -1.80. The zero-order chi connectivity index (χ0) is 19.2. The number of amides is 4. The van der Waals surface area contributed by atoms with Gasteiger partial charge in [-0.25, -0.2) is 0 Å². The summed E-state index contributed by atoms with van der Waals surface area (Å²) in [6, 6.07) is 7.36. The summed E-state index contributed by atoms with van der Waals surface area (Å²) in [4.78, 5) is 51.6. The number of nitrogens with zero attached hydrogens (tertiary/aromatic N) is 2. The first-order valence-corrected chi connectivity index (χ1v) is 9.00. The molecule has 0 aliphatic carbocycles. The van der Waals surface area contributed by atoms with E-state index >= 15 is 0 Å². The minimum Gasteiger partial charge on any atom is -0.278 e. The second-order valence-electron chi connectivity index (χ2n) is 7.50. The van der Waals surface area contributed by atoms with Crippen LogP contribution in [0.15, 0.2) is 24.3 Å². The van der Waals surface area contributed by atoms with Crippen molar-refractivity contribution in [1.82, 2.24) is 9.80 Å². The van der Waals surface area contributed by atoms with E-state index in [0.717, 1.165) is 11.1 Å². The van der Waals surface area contributed by atoms with E-state index in [-0.39, 0.29) is 60.4 Å². The molecule has 4 atom stereocenters. The van der Waals surface area contributed by atoms with Gasteiger partial charge in [-0.3, -0.25) is 29.0 Å². The van der Waals surface area contributed by atoms with Crippen molar-refractivity contribution in [2.45, 2.75) is 40.8 Å². The fraction of sp³-hybridized carbons (Fsp3) is 0.500. The first-order chi connectivity index (χ1) is 12.2. The number of carbonyl (C=O) groups excluding carboxylic acids is 4. The molecule has 1 aromatic carbocycles. The van der Waals surface area contributed by atoms with Crippen molar-refractivity contribution in [3.8, 4) is 0 Å². The molecule has 0 N–H and O–H groups in total. The predicted molar refractivity (Wildman–Crippen MR) is 94.2 cm³/mol. The van der Waals surface area contributed by atoms with Crippen LogP contribution in [-0.4, -0.2) is 33.4 Å². The van der Waals surface area contributed by atoms with Crippen molar-refractivity contribution < 1.29 is 19.2 Å². The van der Waals surface area contributed by atoms with E-state index in [0.29, 0.717) is 0 Å². The van der Waals surface area contributed by atoms with Crippen LogP contribution < -0.4 is 0 Å². The van der Waals surface area contributed by atoms with Gasteiger partial charge in [0.25, 0.3) is 0 Å². The summed E-state index contributed by atoms with van der Waals surface area (Å²) < 4.78 is 0. The molecule has 2 saturated heterocycles. The molecule has 4 unspecified atom stereocenters. The van der Waals surface area contributed by atoms with Gasteiger partial charge < -0.3 is 0 Å². The van der Waals surface area contributed by atoms with Gasteiger partial charge in [0.2, 0.25) is 23.6 Å². The lowest BCUT2D eigenvalue weighted by Gasteiger charge is -2.17. The van der Waals surface area contributed by atoms with E-state index in [2.05, 4.69) is 0 Å². The van der Waals surface area contributed by atoms with Gasteiger partial charge in [0, 0.05) is 23.7 Å². The summed E-state index contributed by atoms with van der Waals surface area (Å²) in [5, 5.41) is 0. The second-order valence-corrected chi connectivity index (χ2v) is 7.50. The zero-order valence-corrected chi connectivity index (χ0v) is 15.6. The van der Waals surface area contributed by atoms with Crippen LogP contribution in [0.5, 0.6) is 0 Å². The summed E-state index contributed by atoms with van der Waals surface area (Å²) in [6.07, 6.45) is 0. The minimum absolute atomic E-state index is 0.152. The molecule has 6 nitrogen and oxygen atoms in total. The van der Waals surface area contributed by atoms with Crippen LogP contribution in [0.1, 0.15) is 38.8 Å². The third-order valence-electron chi connectivity index (χ3n) is 5.79. The zero-order valence-electron chi connectivity index (χ0n) is 15.6. The van der Waals surface area contributed by atoms with E-state index in [1.807, 2.05) is 24.3 Å². The normalized spacial score (nSPS) is 29.2. The minimum atomic E-state index is -0.298. The molecule has 4 amide bonds. The Kier molecular flexibility index (Phi) is 4.69. The highest BCUT2D eigenvalue weighted by molar-refractivity contribution is 6.05. The average Bonchev–Trinajstić information content (AvgIpc) is 2.92. The highest BCUT2D eigenvalue weighted by Crippen LogP contribution is 2.28. The van der Waals surface area contributed by atoms with Gasteiger partial charge in [-0.1, -0.05) is 52.0 Å². The monoisotopic (exact) mass is 356 g/mol. The number of imide groups is 2. The standard InChI is InChI=1S/C20H24N2O4/c1-11-12(2)18(24)21(17(11)23)9-15-6-5-7-16(8-15)10-22-19(25)13(3)14(4)20(22)26/h5-8,11-14H,9-10H2,1-4H3. The van der Waals surface area contributed by atoms with Gasteiger partial charge in [0.15, 0.2) is 0 Å². The molecular formula is C20H24N2O4. The second kappa shape index (κ2) is 6.67. The fourth-order valence-corrected chi connectivity index (χ4v) is 3.56. The number of carbonyl (C=O) groups is 4. The van der Waals surface area contributed by atoms with Crippen LogP contribution >= 0.6 is 0 Å². The maximum absolute atomic E-state index is 12.3. The molecule has 3 rings (SSSR count). The molecule has 2 heterocycles. The Morgan fingerprint density at radius 1 is 0.654 bits per heavy atom. The predicted octanol–water partition coefficient (Wildman–Crippen LogP) is 1.97. The smallest absolute Gasteiger partial charge is 0.233 e. The first-order valence-electron chi connectivity index (χ1n) is 9.00. The molecule has 6 heteroatoms. The maximum atomic E-state index is 12.3. The van der Waals surface area contributed by atoms with Gasteiger partial charge in [-0.05, 0) is 11.1 Å². The quantitative estimate of drug-likeness (QED) is 0.773. The highest BCUT2D eigenvalue weighted by atomic mass is 16.2. The molecular weight excluding hydrogens is 332 g/mol. The molecule has 0 saturated carbocycles. The lowest BCUT2D eigenvalue weighted by Crippen LogP contribution is -2.31. The number of hydrogen-bond donors (Lipinski definition) is 0. The van der Waals surface area contributed by atoms with Crippen molar-refractivity contribution in [3.05, 3.63) is 35.4 Å². The van der Waals surface area contributed by atoms with Gasteiger partial charge in [0.05, 0.1) is 13.1 Å². The summed E-state index contributed by atoms with van der Waals surface area (Å²) >= 11 is 0. The van der Waals surface area contributed by atoms with Crippen molar-refractivity contribution in [2.24, 2.45) is 23.7 Å². The molecule has 2 aliphatic heterocycles. The van der Waals surface area contributed by atoms with Crippen LogP contribution in [0.2, 0.25) is 0 Å². The number of rotatable bonds is 4. The molecule has 2 fully saturated rings. The van der Waals surface area contributed by atoms with Crippen molar-refractivity contribution in [1.29, 1.82) is 0 Å². The van der Waals surface area contributed by atoms with Crippen LogP contribution in [-0.2, 0) is 32.3 Å². The summed E-state index contributed by atoms with van der Waals surface area (Å²) in [6.45, 7) is 7.52. The molecule has 0 radical (unpaired) electrons. The Morgan fingerprint density at radius 3 is 1.27 bits per heavy atom. The molecule has 26 heavy (non-hydrogen) atoms. The SMILES string of the molecule is CC1C(=O)N(Cc2cccc(CN3C(=O)C(C)C(C)C3=O)c2)C(=O)C1C. The van der Waals surface area contributed by atoms with E-state index in [1.165, 1.54) is 9.80 Å². The Hall–Kier alpha value is -2.50. The lowest BCUT2D eigenvalue weighted by molar-refractivity contribution is -0.141. The van der Waals surface area contributed by atoms with Gasteiger partial charge in [0.1, 0.15) is 0 Å². The van der Waals surface area contributed by atoms with Crippen LogP contribution in [0, 0.1) is 23.7 Å². The summed E-state index contributed by atoms with van der Waals surface area (Å²) in [7, 11) is 0. The molecule has 138 valence electrons. The topological polar surface area (TPSA) is 74.8 Å². The molecule has 0 aromatic heterocycles. The molecule has 2 aliphatic rings. The highest BCUT2D eigenvalue weighted by Gasteiger charge is 2.43. The Morgan fingerprint density at radius 2 is 0.962 bits per heavy atom. The lowest BCUT2D eigenvalue weighted by atomic mass is 10.00. The molecule has 0 bridgehead atoms. The van der Waals surface area contributed by atoms with E-state index in [9.17, 15) is 19.2 Å². The average molecular weight is 356 g/mol. The Balaban J connectivity index is 1.75. The van der Waals surface area contributed by atoms with Crippen LogP contribution in [0.3, 0.4) is 0 Å². The summed E-state index contributed by atoms with van der Waals surface area (Å²) in [5.41, 5.74) is 1.62. The Labute approximate surface area is 153 Å². The number of hydrogen-bond acceptors (Lipinski definition) is 4. The molecule has 0 spiro atoms. The van der Waals surface area contributed by atoms with Gasteiger partial charge in [-0.15, -0.1) is 0 Å². The van der Waals surface area contributed by atoms with Gasteiger partial charge >= 0.3 is 0 Å². The van der Waals surface area contributed by atoms with Crippen molar-refractivity contribution in [3.63, 3.8) is 0 Å². The van der Waals surface area contributed by atoms with Gasteiger partial charge in [-0.2, -0.15) is 0 Å². The maximum Gasteiger partial charge on any atom is 0.233 e. The molecule has 1 aromatic rings. The third kappa shape index (κ3) is 2.93. The number of benzene rings is 1. The van der Waals surface area contributed by atoms with E-state index in [4.69, 9.17) is 0 Å². The van der Waals surface area contributed by atoms with Crippen molar-refractivity contribution >= 4 is 23.6 Å². The number of likely N-dealkylation sites (tertiary alicyclic amines) is 2. The largest absolute Gasteiger partial charge is 0.278 e. The first kappa shape index (κ1) is 18.3. The Bertz CT molecular complexity index is 687. The van der Waals surface area contributed by atoms with E-state index in [1.54, 1.807) is 27.7 Å². The fourth-order valence-electron chi connectivity index (χ4n) is 3.56. The third-order valence-corrected chi connectivity index (χ3v) is 5.79. The van der Waals surface area contributed by atoms with Crippen LogP contribution in [0.4, 0.5) is 0 Å².